The molecule has 1 heterocycles. The van der Waals surface area contributed by atoms with E-state index in [0.29, 0.717) is 21.7 Å². The van der Waals surface area contributed by atoms with E-state index in [1.54, 1.807) is 12.3 Å². The number of nitrogens with one attached hydrogen (secondary N) is 2. The minimum atomic E-state index is 0.458. The van der Waals surface area contributed by atoms with E-state index in [1.807, 2.05) is 18.2 Å². The molecule has 2 rings (SSSR count). The number of rotatable bonds is 5. The van der Waals surface area contributed by atoms with E-state index in [2.05, 4.69) is 27.5 Å². The van der Waals surface area contributed by atoms with Gasteiger partial charge in [0.25, 0.3) is 0 Å². The molecule has 1 aromatic carbocycles. The molecule has 0 aliphatic carbocycles. The van der Waals surface area contributed by atoms with Crippen molar-refractivity contribution in [3.63, 3.8) is 0 Å². The molecular formula is C13H14Cl2N4. The molecule has 0 unspecified atom stereocenters. The lowest BCUT2D eigenvalue weighted by Crippen LogP contribution is -2.04. The van der Waals surface area contributed by atoms with Gasteiger partial charge in [-0.3, -0.25) is 0 Å². The van der Waals surface area contributed by atoms with Crippen molar-refractivity contribution in [2.45, 2.75) is 13.3 Å². The van der Waals surface area contributed by atoms with Gasteiger partial charge >= 0.3 is 0 Å². The summed E-state index contributed by atoms with van der Waals surface area (Å²) in [5, 5.41) is 7.20. The van der Waals surface area contributed by atoms with Crippen LogP contribution in [0.2, 0.25) is 10.0 Å². The van der Waals surface area contributed by atoms with Gasteiger partial charge in [0.1, 0.15) is 5.82 Å². The first kappa shape index (κ1) is 13.9. The molecule has 0 spiro atoms. The van der Waals surface area contributed by atoms with Crippen LogP contribution < -0.4 is 10.6 Å². The Morgan fingerprint density at radius 1 is 1.21 bits per heavy atom. The van der Waals surface area contributed by atoms with Crippen molar-refractivity contribution in [1.29, 1.82) is 0 Å². The molecule has 19 heavy (non-hydrogen) atoms. The fourth-order valence-electron chi connectivity index (χ4n) is 1.49. The lowest BCUT2D eigenvalue weighted by molar-refractivity contribution is 0.966. The van der Waals surface area contributed by atoms with Crippen LogP contribution in [-0.2, 0) is 0 Å². The summed E-state index contributed by atoms with van der Waals surface area (Å²) in [7, 11) is 0. The molecule has 0 aliphatic rings. The molecule has 4 nitrogen and oxygen atoms in total. The highest BCUT2D eigenvalue weighted by atomic mass is 35.5. The Kier molecular flexibility index (Phi) is 4.82. The van der Waals surface area contributed by atoms with E-state index in [1.165, 1.54) is 0 Å². The van der Waals surface area contributed by atoms with Crippen molar-refractivity contribution in [2.24, 2.45) is 0 Å². The summed E-state index contributed by atoms with van der Waals surface area (Å²) < 4.78 is 0. The average Bonchev–Trinajstić information content (AvgIpc) is 2.42. The Morgan fingerprint density at radius 2 is 2.05 bits per heavy atom. The van der Waals surface area contributed by atoms with Crippen molar-refractivity contribution in [3.8, 4) is 0 Å². The average molecular weight is 297 g/mol. The third-order valence-electron chi connectivity index (χ3n) is 2.41. The zero-order valence-electron chi connectivity index (χ0n) is 10.5. The molecule has 6 heteroatoms. The van der Waals surface area contributed by atoms with Crippen LogP contribution in [0.3, 0.4) is 0 Å². The smallest absolute Gasteiger partial charge is 0.229 e. The Hall–Kier alpha value is -1.52. The summed E-state index contributed by atoms with van der Waals surface area (Å²) in [5.74, 6) is 1.25. The third-order valence-corrected chi connectivity index (χ3v) is 3.23. The van der Waals surface area contributed by atoms with Gasteiger partial charge in [0.05, 0.1) is 15.7 Å². The fourth-order valence-corrected chi connectivity index (χ4v) is 1.84. The van der Waals surface area contributed by atoms with Crippen LogP contribution in [0.4, 0.5) is 17.5 Å². The van der Waals surface area contributed by atoms with Crippen molar-refractivity contribution < 1.29 is 0 Å². The second-order valence-electron chi connectivity index (χ2n) is 3.92. The molecular weight excluding hydrogens is 283 g/mol. The number of anilines is 3. The highest BCUT2D eigenvalue weighted by Gasteiger charge is 2.06. The van der Waals surface area contributed by atoms with Gasteiger partial charge in [-0.25, -0.2) is 4.98 Å². The Morgan fingerprint density at radius 3 is 2.84 bits per heavy atom. The van der Waals surface area contributed by atoms with Gasteiger partial charge < -0.3 is 10.6 Å². The fraction of sp³-hybridized carbons (Fsp3) is 0.231. The first-order valence-electron chi connectivity index (χ1n) is 5.98. The highest BCUT2D eigenvalue weighted by Crippen LogP contribution is 2.30. The summed E-state index contributed by atoms with van der Waals surface area (Å²) in [6.07, 6.45) is 2.72. The quantitative estimate of drug-likeness (QED) is 0.861. The van der Waals surface area contributed by atoms with Gasteiger partial charge in [-0.2, -0.15) is 4.98 Å². The predicted octanol–water partition coefficient (Wildman–Crippen LogP) is 4.35. The maximum atomic E-state index is 6.10. The number of halogens is 2. The van der Waals surface area contributed by atoms with E-state index in [0.717, 1.165) is 18.8 Å². The highest BCUT2D eigenvalue weighted by molar-refractivity contribution is 6.43. The van der Waals surface area contributed by atoms with Crippen molar-refractivity contribution >= 4 is 40.7 Å². The van der Waals surface area contributed by atoms with Crippen molar-refractivity contribution in [1.82, 2.24) is 9.97 Å². The first-order valence-corrected chi connectivity index (χ1v) is 6.74. The zero-order chi connectivity index (χ0) is 13.7. The molecule has 2 aromatic rings. The van der Waals surface area contributed by atoms with Crippen LogP contribution >= 0.6 is 23.2 Å². The van der Waals surface area contributed by atoms with Crippen molar-refractivity contribution in [2.75, 3.05) is 17.2 Å². The van der Waals surface area contributed by atoms with E-state index in [4.69, 9.17) is 23.2 Å². The summed E-state index contributed by atoms with van der Waals surface area (Å²) in [5.41, 5.74) is 0.682. The number of nitrogens with zero attached hydrogens (tertiary/aromatic N) is 2. The second-order valence-corrected chi connectivity index (χ2v) is 4.70. The van der Waals surface area contributed by atoms with Crippen LogP contribution in [-0.4, -0.2) is 16.5 Å². The Bertz CT molecular complexity index is 560. The zero-order valence-corrected chi connectivity index (χ0v) is 12.0. The summed E-state index contributed by atoms with van der Waals surface area (Å²) >= 11 is 12.1. The van der Waals surface area contributed by atoms with Gasteiger partial charge in [0, 0.05) is 12.7 Å². The third kappa shape index (κ3) is 3.72. The van der Waals surface area contributed by atoms with Crippen LogP contribution in [0.5, 0.6) is 0 Å². The molecule has 0 amide bonds. The summed E-state index contributed by atoms with van der Waals surface area (Å²) in [6.45, 7) is 2.97. The predicted molar refractivity (Wildman–Crippen MR) is 80.6 cm³/mol. The van der Waals surface area contributed by atoms with E-state index < -0.39 is 0 Å². The Labute approximate surface area is 122 Å². The number of aromatic nitrogens is 2. The van der Waals surface area contributed by atoms with Gasteiger partial charge in [-0.05, 0) is 24.6 Å². The van der Waals surface area contributed by atoms with Gasteiger partial charge in [0.2, 0.25) is 5.95 Å². The molecule has 0 fully saturated rings. The lowest BCUT2D eigenvalue weighted by Gasteiger charge is -2.09. The number of benzene rings is 1. The maximum Gasteiger partial charge on any atom is 0.229 e. The molecule has 0 saturated heterocycles. The Balaban J connectivity index is 2.16. The van der Waals surface area contributed by atoms with Gasteiger partial charge in [0.15, 0.2) is 0 Å². The number of hydrogen-bond acceptors (Lipinski definition) is 4. The van der Waals surface area contributed by atoms with Crippen LogP contribution in [0, 0.1) is 0 Å². The molecule has 0 radical (unpaired) electrons. The van der Waals surface area contributed by atoms with Gasteiger partial charge in [-0.1, -0.05) is 36.2 Å². The minimum Gasteiger partial charge on any atom is -0.370 e. The second kappa shape index (κ2) is 6.59. The molecule has 0 aliphatic heterocycles. The normalized spacial score (nSPS) is 10.3. The van der Waals surface area contributed by atoms with Crippen molar-refractivity contribution in [3.05, 3.63) is 40.5 Å². The minimum absolute atomic E-state index is 0.458. The SMILES string of the molecule is CCCNc1ccnc(Nc2cccc(Cl)c2Cl)n1. The number of hydrogen-bond donors (Lipinski definition) is 2. The first-order chi connectivity index (χ1) is 9.20. The van der Waals surface area contributed by atoms with E-state index in [9.17, 15) is 0 Å². The molecule has 100 valence electrons. The topological polar surface area (TPSA) is 49.8 Å². The maximum absolute atomic E-state index is 6.10. The molecule has 0 saturated carbocycles. The largest absolute Gasteiger partial charge is 0.370 e. The molecule has 0 bridgehead atoms. The van der Waals surface area contributed by atoms with E-state index >= 15 is 0 Å². The van der Waals surface area contributed by atoms with Crippen LogP contribution in [0.25, 0.3) is 0 Å². The molecule has 2 N–H and O–H groups in total. The summed E-state index contributed by atoms with van der Waals surface area (Å²) in [4.78, 5) is 8.49. The monoisotopic (exact) mass is 296 g/mol. The molecule has 0 atom stereocenters. The van der Waals surface area contributed by atoms with Gasteiger partial charge in [-0.15, -0.1) is 0 Å². The lowest BCUT2D eigenvalue weighted by atomic mass is 10.3. The van der Waals surface area contributed by atoms with E-state index in [-0.39, 0.29) is 0 Å². The van der Waals surface area contributed by atoms with Crippen LogP contribution in [0.15, 0.2) is 30.5 Å². The molecule has 1 aromatic heterocycles. The van der Waals surface area contributed by atoms with Crippen LogP contribution in [0.1, 0.15) is 13.3 Å². The standard InChI is InChI=1S/C13H14Cl2N4/c1-2-7-16-11-6-8-17-13(19-11)18-10-5-3-4-9(14)12(10)15/h3-6,8H,2,7H2,1H3,(H2,16,17,18,19). The summed E-state index contributed by atoms with van der Waals surface area (Å²) in [6, 6.07) is 7.19.